The van der Waals surface area contributed by atoms with Crippen LogP contribution >= 0.6 is 0 Å². The van der Waals surface area contributed by atoms with Gasteiger partial charge in [-0.25, -0.2) is 0 Å². The summed E-state index contributed by atoms with van der Waals surface area (Å²) in [6.07, 6.45) is 6.71. The van der Waals surface area contributed by atoms with Crippen molar-refractivity contribution in [2.75, 3.05) is 43.6 Å². The molecule has 0 atom stereocenters. The summed E-state index contributed by atoms with van der Waals surface area (Å²) in [5.41, 5.74) is 3.02. The van der Waals surface area contributed by atoms with Crippen LogP contribution in [0.25, 0.3) is 6.08 Å². The van der Waals surface area contributed by atoms with Gasteiger partial charge in [-0.2, -0.15) is 0 Å². The number of nitrogens with zero attached hydrogens (tertiary/aromatic N) is 1. The van der Waals surface area contributed by atoms with Gasteiger partial charge in [0.2, 0.25) is 5.91 Å². The SMILES string of the molecule is COCCNC(=O)c1cc(NC(=O)/C=C/c2ccccc2)ccc1N1CCCCC1. The van der Waals surface area contributed by atoms with Crippen LogP contribution in [0.2, 0.25) is 0 Å². The maximum absolute atomic E-state index is 12.8. The summed E-state index contributed by atoms with van der Waals surface area (Å²) in [6, 6.07) is 15.2. The second-order valence-electron chi connectivity index (χ2n) is 7.26. The zero-order valence-corrected chi connectivity index (χ0v) is 17.4. The molecule has 2 N–H and O–H groups in total. The van der Waals surface area contributed by atoms with Crippen molar-refractivity contribution in [1.29, 1.82) is 0 Å². The van der Waals surface area contributed by atoms with Gasteiger partial charge in [0.15, 0.2) is 0 Å². The van der Waals surface area contributed by atoms with Crippen molar-refractivity contribution in [2.24, 2.45) is 0 Å². The Labute approximate surface area is 177 Å². The average molecular weight is 408 g/mol. The molecule has 3 rings (SSSR count). The molecule has 30 heavy (non-hydrogen) atoms. The van der Waals surface area contributed by atoms with E-state index in [-0.39, 0.29) is 11.8 Å². The minimum atomic E-state index is -0.240. The van der Waals surface area contributed by atoms with Crippen LogP contribution in [-0.2, 0) is 9.53 Å². The lowest BCUT2D eigenvalue weighted by molar-refractivity contribution is -0.111. The van der Waals surface area contributed by atoms with Crippen LogP contribution < -0.4 is 15.5 Å². The smallest absolute Gasteiger partial charge is 0.253 e. The number of carbonyl (C=O) groups is 2. The topological polar surface area (TPSA) is 70.7 Å². The Kier molecular flexibility index (Phi) is 8.03. The molecule has 1 saturated heterocycles. The number of hydrogen-bond donors (Lipinski definition) is 2. The lowest BCUT2D eigenvalue weighted by Crippen LogP contribution is -2.33. The van der Waals surface area contributed by atoms with Crippen LogP contribution in [0.3, 0.4) is 0 Å². The van der Waals surface area contributed by atoms with Gasteiger partial charge in [-0.3, -0.25) is 9.59 Å². The highest BCUT2D eigenvalue weighted by atomic mass is 16.5. The average Bonchev–Trinajstić information content (AvgIpc) is 2.79. The Bertz CT molecular complexity index is 875. The van der Waals surface area contributed by atoms with Crippen molar-refractivity contribution in [1.82, 2.24) is 5.32 Å². The minimum absolute atomic E-state index is 0.163. The molecule has 1 heterocycles. The number of methoxy groups -OCH3 is 1. The maximum atomic E-state index is 12.8. The molecular formula is C24H29N3O3. The van der Waals surface area contributed by atoms with Crippen LogP contribution in [0.1, 0.15) is 35.2 Å². The number of amides is 2. The molecule has 0 radical (unpaired) electrons. The van der Waals surface area contributed by atoms with Crippen LogP contribution in [0.15, 0.2) is 54.6 Å². The number of anilines is 2. The normalized spacial score (nSPS) is 14.0. The Balaban J connectivity index is 1.75. The van der Waals surface area contributed by atoms with Crippen molar-refractivity contribution >= 4 is 29.3 Å². The van der Waals surface area contributed by atoms with E-state index in [1.165, 1.54) is 12.5 Å². The molecule has 2 amide bonds. The molecule has 6 heteroatoms. The lowest BCUT2D eigenvalue weighted by Gasteiger charge is -2.30. The van der Waals surface area contributed by atoms with Crippen LogP contribution in [-0.4, -0.2) is 45.2 Å². The van der Waals surface area contributed by atoms with Crippen molar-refractivity contribution in [3.8, 4) is 0 Å². The van der Waals surface area contributed by atoms with Gasteiger partial charge >= 0.3 is 0 Å². The molecule has 0 spiro atoms. The summed E-state index contributed by atoms with van der Waals surface area (Å²) in [7, 11) is 1.60. The fraction of sp³-hybridized carbons (Fsp3) is 0.333. The summed E-state index contributed by atoms with van der Waals surface area (Å²) in [6.45, 7) is 2.75. The Morgan fingerprint density at radius 3 is 2.57 bits per heavy atom. The van der Waals surface area contributed by atoms with Crippen LogP contribution in [0, 0.1) is 0 Å². The third-order valence-electron chi connectivity index (χ3n) is 5.02. The van der Waals surface area contributed by atoms with E-state index < -0.39 is 0 Å². The van der Waals surface area contributed by atoms with Gasteiger partial charge < -0.3 is 20.3 Å². The van der Waals surface area contributed by atoms with E-state index in [4.69, 9.17) is 4.74 Å². The van der Waals surface area contributed by atoms with E-state index in [1.54, 1.807) is 19.3 Å². The number of nitrogens with one attached hydrogen (secondary N) is 2. The highest BCUT2D eigenvalue weighted by molar-refractivity contribution is 6.05. The van der Waals surface area contributed by atoms with Crippen molar-refractivity contribution in [3.63, 3.8) is 0 Å². The summed E-state index contributed by atoms with van der Waals surface area (Å²) >= 11 is 0. The Hall–Kier alpha value is -3.12. The van der Waals surface area contributed by atoms with Gasteiger partial charge in [-0.1, -0.05) is 30.3 Å². The number of benzene rings is 2. The first kappa shape index (κ1) is 21.6. The predicted octanol–water partition coefficient (Wildman–Crippen LogP) is 3.71. The van der Waals surface area contributed by atoms with Crippen molar-refractivity contribution < 1.29 is 14.3 Å². The third kappa shape index (κ3) is 6.19. The van der Waals surface area contributed by atoms with E-state index in [1.807, 2.05) is 42.5 Å². The monoisotopic (exact) mass is 407 g/mol. The number of ether oxygens (including phenoxy) is 1. The van der Waals surface area contributed by atoms with Crippen molar-refractivity contribution in [2.45, 2.75) is 19.3 Å². The molecule has 1 aliphatic heterocycles. The molecule has 0 saturated carbocycles. The summed E-state index contributed by atoms with van der Waals surface area (Å²) < 4.78 is 5.02. The minimum Gasteiger partial charge on any atom is -0.383 e. The fourth-order valence-electron chi connectivity index (χ4n) is 3.49. The first-order valence-corrected chi connectivity index (χ1v) is 10.4. The standard InChI is InChI=1S/C24H29N3O3/c1-30-17-14-25-24(29)21-18-20(11-12-22(21)27-15-6-3-7-16-27)26-23(28)13-10-19-8-4-2-5-9-19/h2,4-5,8-13,18H,3,6-7,14-17H2,1H3,(H,25,29)(H,26,28)/b13-10+. The second kappa shape index (κ2) is 11.2. The number of hydrogen-bond acceptors (Lipinski definition) is 4. The first-order valence-electron chi connectivity index (χ1n) is 10.4. The molecule has 158 valence electrons. The quantitative estimate of drug-likeness (QED) is 0.517. The number of rotatable bonds is 8. The molecular weight excluding hydrogens is 378 g/mol. The maximum Gasteiger partial charge on any atom is 0.253 e. The summed E-state index contributed by atoms with van der Waals surface area (Å²) in [5, 5.41) is 5.75. The fourth-order valence-corrected chi connectivity index (χ4v) is 3.49. The highest BCUT2D eigenvalue weighted by Gasteiger charge is 2.19. The Morgan fingerprint density at radius 1 is 1.07 bits per heavy atom. The lowest BCUT2D eigenvalue weighted by atomic mass is 10.1. The highest BCUT2D eigenvalue weighted by Crippen LogP contribution is 2.27. The van der Waals surface area contributed by atoms with E-state index in [9.17, 15) is 9.59 Å². The van der Waals surface area contributed by atoms with Gasteiger partial charge in [0.25, 0.3) is 5.91 Å². The largest absolute Gasteiger partial charge is 0.383 e. The molecule has 2 aromatic carbocycles. The first-order chi connectivity index (χ1) is 14.7. The Morgan fingerprint density at radius 2 is 1.83 bits per heavy atom. The zero-order valence-electron chi connectivity index (χ0n) is 17.4. The van der Waals surface area contributed by atoms with Crippen LogP contribution in [0.5, 0.6) is 0 Å². The van der Waals surface area contributed by atoms with E-state index in [2.05, 4.69) is 15.5 Å². The van der Waals surface area contributed by atoms with Gasteiger partial charge in [0, 0.05) is 44.2 Å². The molecule has 0 bridgehead atoms. The molecule has 0 aromatic heterocycles. The number of piperidine rings is 1. The predicted molar refractivity (Wildman–Crippen MR) is 121 cm³/mol. The second-order valence-corrected chi connectivity index (χ2v) is 7.26. The van der Waals surface area contributed by atoms with Crippen molar-refractivity contribution in [3.05, 3.63) is 65.7 Å². The van der Waals surface area contributed by atoms with Gasteiger partial charge in [-0.05, 0) is 49.1 Å². The molecule has 2 aromatic rings. The van der Waals surface area contributed by atoms with E-state index >= 15 is 0 Å². The molecule has 1 aliphatic rings. The molecule has 6 nitrogen and oxygen atoms in total. The molecule has 0 aliphatic carbocycles. The van der Waals surface area contributed by atoms with Crippen LogP contribution in [0.4, 0.5) is 11.4 Å². The molecule has 1 fully saturated rings. The van der Waals surface area contributed by atoms with Gasteiger partial charge in [0.1, 0.15) is 0 Å². The number of carbonyl (C=O) groups excluding carboxylic acids is 2. The zero-order chi connectivity index (χ0) is 21.2. The van der Waals surface area contributed by atoms with E-state index in [0.29, 0.717) is 24.4 Å². The summed E-state index contributed by atoms with van der Waals surface area (Å²) in [5.74, 6) is -0.404. The van der Waals surface area contributed by atoms with E-state index in [0.717, 1.165) is 37.2 Å². The van der Waals surface area contributed by atoms with Gasteiger partial charge in [0.05, 0.1) is 12.2 Å². The third-order valence-corrected chi connectivity index (χ3v) is 5.02. The van der Waals surface area contributed by atoms with Gasteiger partial charge in [-0.15, -0.1) is 0 Å². The summed E-state index contributed by atoms with van der Waals surface area (Å²) in [4.78, 5) is 27.4. The molecule has 0 unspecified atom stereocenters.